The zero-order chi connectivity index (χ0) is 14.1. The molecule has 3 rings (SSSR count). The fourth-order valence-electron chi connectivity index (χ4n) is 3.04. The molecule has 106 valence electrons. The highest BCUT2D eigenvalue weighted by atomic mass is 16.4. The molecule has 0 saturated carbocycles. The quantitative estimate of drug-likeness (QED) is 0.852. The van der Waals surface area contributed by atoms with E-state index in [4.69, 9.17) is 5.11 Å². The third kappa shape index (κ3) is 2.29. The Kier molecular flexibility index (Phi) is 3.44. The van der Waals surface area contributed by atoms with Crippen molar-refractivity contribution < 1.29 is 14.7 Å². The van der Waals surface area contributed by atoms with Crippen LogP contribution >= 0.6 is 0 Å². The Morgan fingerprint density at radius 2 is 2.20 bits per heavy atom. The number of benzene rings is 1. The predicted octanol–water partition coefficient (Wildman–Crippen LogP) is 1.27. The van der Waals surface area contributed by atoms with Crippen LogP contribution in [0, 0.1) is 5.92 Å². The Hall–Kier alpha value is -1.88. The first-order chi connectivity index (χ1) is 9.66. The van der Waals surface area contributed by atoms with Gasteiger partial charge in [-0.1, -0.05) is 0 Å². The summed E-state index contributed by atoms with van der Waals surface area (Å²) < 4.78 is 0. The number of nitrogens with one attached hydrogen (secondary N) is 1. The van der Waals surface area contributed by atoms with E-state index in [-0.39, 0.29) is 11.8 Å². The van der Waals surface area contributed by atoms with Crippen LogP contribution in [-0.4, -0.2) is 36.6 Å². The van der Waals surface area contributed by atoms with E-state index in [1.165, 1.54) is 0 Å². The molecule has 1 unspecified atom stereocenters. The number of aryl methyl sites for hydroxylation is 1. The summed E-state index contributed by atoms with van der Waals surface area (Å²) in [7, 11) is 0. The Morgan fingerprint density at radius 1 is 1.35 bits per heavy atom. The van der Waals surface area contributed by atoms with Crippen molar-refractivity contribution in [3.8, 4) is 0 Å². The number of nitrogens with zero attached hydrogens (tertiary/aromatic N) is 1. The van der Waals surface area contributed by atoms with Gasteiger partial charge in [-0.2, -0.15) is 0 Å². The third-order valence-corrected chi connectivity index (χ3v) is 4.12. The summed E-state index contributed by atoms with van der Waals surface area (Å²) in [5.41, 5.74) is 2.15. The number of carboxylic acids is 1. The van der Waals surface area contributed by atoms with Crippen LogP contribution in [0.25, 0.3) is 0 Å². The van der Waals surface area contributed by atoms with E-state index in [0.717, 1.165) is 50.1 Å². The van der Waals surface area contributed by atoms with Crippen molar-refractivity contribution in [2.75, 3.05) is 24.5 Å². The molecule has 2 aliphatic heterocycles. The highest BCUT2D eigenvalue weighted by Gasteiger charge is 2.30. The summed E-state index contributed by atoms with van der Waals surface area (Å²) in [5, 5.41) is 12.3. The van der Waals surface area contributed by atoms with Crippen LogP contribution in [0.3, 0.4) is 0 Å². The molecule has 0 bridgehead atoms. The van der Waals surface area contributed by atoms with Gasteiger partial charge < -0.3 is 15.3 Å². The van der Waals surface area contributed by atoms with Gasteiger partial charge in [0.05, 0.1) is 11.5 Å². The van der Waals surface area contributed by atoms with Crippen molar-refractivity contribution in [3.63, 3.8) is 0 Å². The standard InChI is InChI=1S/C15H18N2O3/c18-14(12-5-6-16-9-12)17-7-1-2-10-8-11(15(19)20)3-4-13(10)17/h3-4,8,12,16H,1-2,5-7,9H2,(H,19,20). The average molecular weight is 274 g/mol. The zero-order valence-corrected chi connectivity index (χ0v) is 11.3. The maximum atomic E-state index is 12.6. The first-order valence-corrected chi connectivity index (χ1v) is 7.05. The van der Waals surface area contributed by atoms with Gasteiger partial charge in [0.2, 0.25) is 5.91 Å². The summed E-state index contributed by atoms with van der Waals surface area (Å²) >= 11 is 0. The molecule has 0 aliphatic carbocycles. The van der Waals surface area contributed by atoms with Crippen LogP contribution in [0.2, 0.25) is 0 Å². The summed E-state index contributed by atoms with van der Waals surface area (Å²) in [4.78, 5) is 25.4. The molecule has 5 nitrogen and oxygen atoms in total. The molecule has 1 fully saturated rings. The Bertz CT molecular complexity index is 550. The van der Waals surface area contributed by atoms with Crippen molar-refractivity contribution in [3.05, 3.63) is 29.3 Å². The van der Waals surface area contributed by atoms with Gasteiger partial charge in [0.1, 0.15) is 0 Å². The van der Waals surface area contributed by atoms with E-state index in [1.54, 1.807) is 18.2 Å². The molecule has 0 radical (unpaired) electrons. The van der Waals surface area contributed by atoms with E-state index in [9.17, 15) is 9.59 Å². The van der Waals surface area contributed by atoms with Crippen LogP contribution in [0.4, 0.5) is 5.69 Å². The predicted molar refractivity (Wildman–Crippen MR) is 75.1 cm³/mol. The summed E-state index contributed by atoms with van der Waals surface area (Å²) in [6, 6.07) is 5.06. The molecular weight excluding hydrogens is 256 g/mol. The molecule has 2 heterocycles. The van der Waals surface area contributed by atoms with Crippen LogP contribution in [0.15, 0.2) is 18.2 Å². The van der Waals surface area contributed by atoms with Gasteiger partial charge in [-0.15, -0.1) is 0 Å². The molecule has 0 spiro atoms. The van der Waals surface area contributed by atoms with E-state index >= 15 is 0 Å². The minimum absolute atomic E-state index is 0.0556. The van der Waals surface area contributed by atoms with E-state index < -0.39 is 5.97 Å². The lowest BCUT2D eigenvalue weighted by molar-refractivity contribution is -0.121. The Morgan fingerprint density at radius 3 is 2.90 bits per heavy atom. The number of hydrogen-bond donors (Lipinski definition) is 2. The smallest absolute Gasteiger partial charge is 0.335 e. The molecule has 2 aliphatic rings. The fourth-order valence-corrected chi connectivity index (χ4v) is 3.04. The third-order valence-electron chi connectivity index (χ3n) is 4.12. The lowest BCUT2D eigenvalue weighted by Gasteiger charge is -2.31. The first-order valence-electron chi connectivity index (χ1n) is 7.05. The fraction of sp³-hybridized carbons (Fsp3) is 0.467. The molecule has 1 amide bonds. The molecule has 0 aromatic heterocycles. The van der Waals surface area contributed by atoms with Gasteiger partial charge in [0, 0.05) is 18.8 Å². The van der Waals surface area contributed by atoms with Crippen molar-refractivity contribution in [2.24, 2.45) is 5.92 Å². The van der Waals surface area contributed by atoms with Crippen LogP contribution in [-0.2, 0) is 11.2 Å². The molecule has 1 aromatic rings. The Balaban J connectivity index is 1.89. The molecule has 1 atom stereocenters. The lowest BCUT2D eigenvalue weighted by Crippen LogP contribution is -2.40. The number of carboxylic acid groups (broad SMARTS) is 1. The lowest BCUT2D eigenvalue weighted by atomic mass is 9.97. The van der Waals surface area contributed by atoms with Gasteiger partial charge in [0.15, 0.2) is 0 Å². The normalized spacial score (nSPS) is 21.6. The van der Waals surface area contributed by atoms with E-state index in [0.29, 0.717) is 5.56 Å². The van der Waals surface area contributed by atoms with Crippen molar-refractivity contribution >= 4 is 17.6 Å². The second-order valence-electron chi connectivity index (χ2n) is 5.43. The summed E-state index contributed by atoms with van der Waals surface area (Å²) in [5.74, 6) is -0.699. The summed E-state index contributed by atoms with van der Waals surface area (Å²) in [6.07, 6.45) is 2.61. The van der Waals surface area contributed by atoms with E-state index in [1.807, 2.05) is 4.90 Å². The van der Waals surface area contributed by atoms with Crippen molar-refractivity contribution in [1.29, 1.82) is 0 Å². The number of aromatic carboxylic acids is 1. The molecule has 20 heavy (non-hydrogen) atoms. The van der Waals surface area contributed by atoms with Crippen molar-refractivity contribution in [1.82, 2.24) is 5.32 Å². The van der Waals surface area contributed by atoms with Gasteiger partial charge >= 0.3 is 5.97 Å². The molecule has 5 heteroatoms. The monoisotopic (exact) mass is 274 g/mol. The molecule has 1 saturated heterocycles. The second kappa shape index (κ2) is 5.25. The van der Waals surface area contributed by atoms with Gasteiger partial charge in [-0.05, 0) is 49.6 Å². The van der Waals surface area contributed by atoms with Crippen LogP contribution in [0.5, 0.6) is 0 Å². The maximum Gasteiger partial charge on any atom is 0.335 e. The number of carbonyl (C=O) groups excluding carboxylic acids is 1. The zero-order valence-electron chi connectivity index (χ0n) is 11.3. The minimum atomic E-state index is -0.920. The highest BCUT2D eigenvalue weighted by molar-refractivity contribution is 5.97. The minimum Gasteiger partial charge on any atom is -0.478 e. The number of carbonyl (C=O) groups is 2. The first kappa shape index (κ1) is 13.1. The van der Waals surface area contributed by atoms with Gasteiger partial charge in [-0.3, -0.25) is 4.79 Å². The summed E-state index contributed by atoms with van der Waals surface area (Å²) in [6.45, 7) is 2.38. The number of hydrogen-bond acceptors (Lipinski definition) is 3. The number of rotatable bonds is 2. The highest BCUT2D eigenvalue weighted by Crippen LogP contribution is 2.30. The molecule has 1 aromatic carbocycles. The largest absolute Gasteiger partial charge is 0.478 e. The SMILES string of the molecule is O=C(O)c1ccc2c(c1)CCCN2C(=O)C1CCNC1. The average Bonchev–Trinajstić information content (AvgIpc) is 2.99. The van der Waals surface area contributed by atoms with Gasteiger partial charge in [0.25, 0.3) is 0 Å². The molecule has 2 N–H and O–H groups in total. The maximum absolute atomic E-state index is 12.6. The van der Waals surface area contributed by atoms with E-state index in [2.05, 4.69) is 5.32 Å². The number of amides is 1. The van der Waals surface area contributed by atoms with Crippen LogP contribution < -0.4 is 10.2 Å². The Labute approximate surface area is 117 Å². The number of anilines is 1. The number of fused-ring (bicyclic) bond motifs is 1. The van der Waals surface area contributed by atoms with Crippen molar-refractivity contribution in [2.45, 2.75) is 19.3 Å². The second-order valence-corrected chi connectivity index (χ2v) is 5.43. The van der Waals surface area contributed by atoms with Crippen LogP contribution in [0.1, 0.15) is 28.8 Å². The molecular formula is C15H18N2O3. The van der Waals surface area contributed by atoms with Gasteiger partial charge in [-0.25, -0.2) is 4.79 Å². The topological polar surface area (TPSA) is 69.6 Å².